The minimum absolute atomic E-state index is 0.288. The molecule has 0 aromatic carbocycles. The van der Waals surface area contributed by atoms with Crippen molar-refractivity contribution in [3.8, 4) is 0 Å². The standard InChI is InChI=1S/C13H21NO4/c1-5-17-11(15)9-7-6-8-10(9)14-12(16)18-13(2,3)4/h6,8-10H,5,7H2,1-4H3,(H,14,16)/t9-,10-/m1/s1. The van der Waals surface area contributed by atoms with Crippen molar-refractivity contribution in [2.75, 3.05) is 6.61 Å². The maximum absolute atomic E-state index is 11.7. The van der Waals surface area contributed by atoms with Crippen LogP contribution in [0.4, 0.5) is 4.79 Å². The number of alkyl carbamates (subject to hydrolysis) is 1. The van der Waals surface area contributed by atoms with Crippen LogP contribution in [0, 0.1) is 5.92 Å². The Labute approximate surface area is 108 Å². The molecule has 0 radical (unpaired) electrons. The van der Waals surface area contributed by atoms with Gasteiger partial charge < -0.3 is 14.8 Å². The zero-order valence-electron chi connectivity index (χ0n) is 11.4. The lowest BCUT2D eigenvalue weighted by molar-refractivity contribution is -0.148. The fraction of sp³-hybridized carbons (Fsp3) is 0.692. The molecule has 1 amide bonds. The van der Waals surface area contributed by atoms with Crippen LogP contribution in [0.25, 0.3) is 0 Å². The average Bonchev–Trinajstić information content (AvgIpc) is 2.62. The Bertz CT molecular complexity index is 343. The SMILES string of the molecule is CCOC(=O)[C@@H]1CC=C[C@H]1NC(=O)OC(C)(C)C. The van der Waals surface area contributed by atoms with Crippen molar-refractivity contribution in [2.24, 2.45) is 5.92 Å². The average molecular weight is 255 g/mol. The molecule has 1 aliphatic carbocycles. The molecule has 5 nitrogen and oxygen atoms in total. The number of nitrogens with one attached hydrogen (secondary N) is 1. The van der Waals surface area contributed by atoms with Gasteiger partial charge in [0.25, 0.3) is 0 Å². The Morgan fingerprint density at radius 1 is 1.39 bits per heavy atom. The highest BCUT2D eigenvalue weighted by Crippen LogP contribution is 2.21. The monoisotopic (exact) mass is 255 g/mol. The highest BCUT2D eigenvalue weighted by Gasteiger charge is 2.32. The van der Waals surface area contributed by atoms with E-state index >= 15 is 0 Å². The van der Waals surface area contributed by atoms with E-state index in [1.165, 1.54) is 0 Å². The quantitative estimate of drug-likeness (QED) is 0.619. The fourth-order valence-corrected chi connectivity index (χ4v) is 1.74. The largest absolute Gasteiger partial charge is 0.466 e. The third-order valence-corrected chi connectivity index (χ3v) is 2.44. The first kappa shape index (κ1) is 14.5. The van der Waals surface area contributed by atoms with Gasteiger partial charge in [0.15, 0.2) is 0 Å². The second-order valence-electron chi connectivity index (χ2n) is 5.19. The third kappa shape index (κ3) is 4.39. The van der Waals surface area contributed by atoms with Crippen molar-refractivity contribution < 1.29 is 19.1 Å². The number of allylic oxidation sites excluding steroid dienone is 1. The van der Waals surface area contributed by atoms with Crippen LogP contribution in [0.1, 0.15) is 34.1 Å². The summed E-state index contributed by atoms with van der Waals surface area (Å²) in [6.07, 6.45) is 3.72. The number of hydrogen-bond donors (Lipinski definition) is 1. The summed E-state index contributed by atoms with van der Waals surface area (Å²) in [4.78, 5) is 23.3. The molecule has 1 N–H and O–H groups in total. The minimum atomic E-state index is -0.550. The number of ether oxygens (including phenoxy) is 2. The van der Waals surface area contributed by atoms with Gasteiger partial charge in [-0.15, -0.1) is 0 Å². The van der Waals surface area contributed by atoms with E-state index in [4.69, 9.17) is 9.47 Å². The Morgan fingerprint density at radius 2 is 2.06 bits per heavy atom. The molecule has 0 saturated carbocycles. The predicted octanol–water partition coefficient (Wildman–Crippen LogP) is 2.02. The van der Waals surface area contributed by atoms with E-state index in [0.29, 0.717) is 13.0 Å². The van der Waals surface area contributed by atoms with Crippen molar-refractivity contribution >= 4 is 12.1 Å². The molecule has 0 spiro atoms. The third-order valence-electron chi connectivity index (χ3n) is 2.44. The van der Waals surface area contributed by atoms with Crippen molar-refractivity contribution in [3.63, 3.8) is 0 Å². The molecule has 0 aromatic rings. The van der Waals surface area contributed by atoms with Crippen molar-refractivity contribution in [1.82, 2.24) is 5.32 Å². The lowest BCUT2D eigenvalue weighted by atomic mass is 10.0. The molecule has 0 fully saturated rings. The van der Waals surface area contributed by atoms with Gasteiger partial charge in [-0.25, -0.2) is 4.79 Å². The van der Waals surface area contributed by atoms with Crippen LogP contribution in [0.3, 0.4) is 0 Å². The molecular weight excluding hydrogens is 234 g/mol. The Hall–Kier alpha value is -1.52. The van der Waals surface area contributed by atoms with Crippen LogP contribution in [-0.4, -0.2) is 30.3 Å². The maximum Gasteiger partial charge on any atom is 0.408 e. The molecule has 0 unspecified atom stereocenters. The van der Waals surface area contributed by atoms with Gasteiger partial charge in [-0.05, 0) is 34.1 Å². The molecule has 18 heavy (non-hydrogen) atoms. The van der Waals surface area contributed by atoms with Crippen LogP contribution in [0.5, 0.6) is 0 Å². The highest BCUT2D eigenvalue weighted by atomic mass is 16.6. The summed E-state index contributed by atoms with van der Waals surface area (Å²) in [5.41, 5.74) is -0.550. The van der Waals surface area contributed by atoms with Crippen molar-refractivity contribution in [2.45, 2.75) is 45.8 Å². The normalized spacial score (nSPS) is 22.7. The molecule has 5 heteroatoms. The summed E-state index contributed by atoms with van der Waals surface area (Å²) in [5.74, 6) is -0.638. The lowest BCUT2D eigenvalue weighted by Gasteiger charge is -2.23. The molecule has 0 saturated heterocycles. The summed E-state index contributed by atoms with van der Waals surface area (Å²) < 4.78 is 10.1. The Morgan fingerprint density at radius 3 is 2.61 bits per heavy atom. The number of esters is 1. The van der Waals surface area contributed by atoms with E-state index in [1.807, 2.05) is 6.08 Å². The van der Waals surface area contributed by atoms with E-state index in [1.54, 1.807) is 33.8 Å². The number of amides is 1. The van der Waals surface area contributed by atoms with Gasteiger partial charge in [0.05, 0.1) is 18.6 Å². The first-order chi connectivity index (χ1) is 8.33. The zero-order valence-corrected chi connectivity index (χ0v) is 11.4. The number of carbonyl (C=O) groups is 2. The topological polar surface area (TPSA) is 64.6 Å². The first-order valence-corrected chi connectivity index (χ1v) is 6.16. The molecule has 0 aromatic heterocycles. The van der Waals surface area contributed by atoms with Gasteiger partial charge in [0, 0.05) is 0 Å². The Kier molecular flexibility index (Phi) is 4.76. The lowest BCUT2D eigenvalue weighted by Crippen LogP contribution is -2.43. The number of rotatable bonds is 3. The summed E-state index contributed by atoms with van der Waals surface area (Å²) in [5, 5.41) is 2.68. The van der Waals surface area contributed by atoms with Gasteiger partial charge in [0.2, 0.25) is 0 Å². The van der Waals surface area contributed by atoms with E-state index in [-0.39, 0.29) is 17.9 Å². The second kappa shape index (κ2) is 5.89. The summed E-state index contributed by atoms with van der Waals surface area (Å²) in [7, 11) is 0. The van der Waals surface area contributed by atoms with Crippen LogP contribution >= 0.6 is 0 Å². The van der Waals surface area contributed by atoms with Gasteiger partial charge in [0.1, 0.15) is 5.60 Å². The van der Waals surface area contributed by atoms with Gasteiger partial charge in [-0.2, -0.15) is 0 Å². The zero-order chi connectivity index (χ0) is 13.8. The number of hydrogen-bond acceptors (Lipinski definition) is 4. The van der Waals surface area contributed by atoms with E-state index in [2.05, 4.69) is 5.32 Å². The molecule has 0 bridgehead atoms. The van der Waals surface area contributed by atoms with Gasteiger partial charge >= 0.3 is 12.1 Å². The molecular formula is C13H21NO4. The molecule has 1 rings (SSSR count). The fourth-order valence-electron chi connectivity index (χ4n) is 1.74. The van der Waals surface area contributed by atoms with Crippen molar-refractivity contribution in [1.29, 1.82) is 0 Å². The van der Waals surface area contributed by atoms with Gasteiger partial charge in [-0.3, -0.25) is 4.79 Å². The predicted molar refractivity (Wildman–Crippen MR) is 67.0 cm³/mol. The molecule has 0 aliphatic heterocycles. The maximum atomic E-state index is 11.7. The van der Waals surface area contributed by atoms with Crippen LogP contribution in [-0.2, 0) is 14.3 Å². The molecule has 2 atom stereocenters. The number of carbonyl (C=O) groups excluding carboxylic acids is 2. The summed E-state index contributed by atoms with van der Waals surface area (Å²) in [6.45, 7) is 7.48. The summed E-state index contributed by atoms with van der Waals surface area (Å²) in [6, 6.07) is -0.348. The van der Waals surface area contributed by atoms with Crippen LogP contribution in [0.2, 0.25) is 0 Å². The molecule has 102 valence electrons. The first-order valence-electron chi connectivity index (χ1n) is 6.16. The van der Waals surface area contributed by atoms with Gasteiger partial charge in [-0.1, -0.05) is 12.2 Å². The molecule has 0 heterocycles. The minimum Gasteiger partial charge on any atom is -0.466 e. The Balaban J connectivity index is 2.52. The van der Waals surface area contributed by atoms with Crippen LogP contribution < -0.4 is 5.32 Å². The van der Waals surface area contributed by atoms with E-state index < -0.39 is 11.7 Å². The smallest absolute Gasteiger partial charge is 0.408 e. The van der Waals surface area contributed by atoms with Crippen LogP contribution in [0.15, 0.2) is 12.2 Å². The highest BCUT2D eigenvalue weighted by molar-refractivity contribution is 5.76. The summed E-state index contributed by atoms with van der Waals surface area (Å²) >= 11 is 0. The van der Waals surface area contributed by atoms with E-state index in [0.717, 1.165) is 0 Å². The molecule has 1 aliphatic rings. The second-order valence-corrected chi connectivity index (χ2v) is 5.19. The van der Waals surface area contributed by atoms with E-state index in [9.17, 15) is 9.59 Å². The van der Waals surface area contributed by atoms with Crippen molar-refractivity contribution in [3.05, 3.63) is 12.2 Å².